The smallest absolute Gasteiger partial charge is 0.224 e. The maximum Gasteiger partial charge on any atom is 0.224 e. The molecule has 1 N–H and O–H groups in total. The molecule has 152 valence electrons. The van der Waals surface area contributed by atoms with E-state index in [1.807, 2.05) is 61.8 Å². The summed E-state index contributed by atoms with van der Waals surface area (Å²) in [7, 11) is 0. The fourth-order valence-corrected chi connectivity index (χ4v) is 3.38. The van der Waals surface area contributed by atoms with Crippen LogP contribution in [0.15, 0.2) is 60.9 Å². The lowest BCUT2D eigenvalue weighted by molar-refractivity contribution is -0.116. The molecule has 0 saturated heterocycles. The average Bonchev–Trinajstić information content (AvgIpc) is 3.16. The number of benzene rings is 2. The van der Waals surface area contributed by atoms with Gasteiger partial charge in [-0.2, -0.15) is 0 Å². The second-order valence-corrected chi connectivity index (χ2v) is 7.36. The molecule has 0 spiro atoms. The van der Waals surface area contributed by atoms with Crippen LogP contribution in [0.2, 0.25) is 0 Å². The second kappa shape index (κ2) is 9.92. The summed E-state index contributed by atoms with van der Waals surface area (Å²) >= 11 is 0. The highest BCUT2D eigenvalue weighted by Crippen LogP contribution is 2.20. The number of rotatable bonds is 9. The van der Waals surface area contributed by atoms with Crippen molar-refractivity contribution >= 4 is 11.6 Å². The van der Waals surface area contributed by atoms with E-state index in [0.717, 1.165) is 34.9 Å². The molecule has 0 unspecified atom stereocenters. The summed E-state index contributed by atoms with van der Waals surface area (Å²) in [5.41, 5.74) is 3.00. The van der Waals surface area contributed by atoms with Gasteiger partial charge < -0.3 is 14.6 Å². The van der Waals surface area contributed by atoms with Crippen molar-refractivity contribution in [2.45, 2.75) is 46.1 Å². The summed E-state index contributed by atoms with van der Waals surface area (Å²) in [5, 5.41) is 3.02. The molecule has 2 aromatic carbocycles. The summed E-state index contributed by atoms with van der Waals surface area (Å²) in [6.45, 7) is 7.59. The molecule has 0 fully saturated rings. The van der Waals surface area contributed by atoms with Gasteiger partial charge in [-0.25, -0.2) is 4.98 Å². The zero-order valence-electron chi connectivity index (χ0n) is 17.4. The SMILES string of the molecule is CCOc1ccccc1CCC(=O)Nc1cccc(Cn2ccnc2C(C)C)c1. The first-order chi connectivity index (χ1) is 14.1. The Balaban J connectivity index is 1.60. The van der Waals surface area contributed by atoms with Gasteiger partial charge in [0.25, 0.3) is 0 Å². The molecule has 3 rings (SSSR count). The summed E-state index contributed by atoms with van der Waals surface area (Å²) in [6.07, 6.45) is 4.89. The Morgan fingerprint density at radius 1 is 1.17 bits per heavy atom. The number of carbonyl (C=O) groups is 1. The van der Waals surface area contributed by atoms with E-state index in [9.17, 15) is 4.79 Å². The maximum atomic E-state index is 12.5. The number of ether oxygens (including phenoxy) is 1. The molecule has 0 radical (unpaired) electrons. The molecule has 0 saturated carbocycles. The number of hydrogen-bond acceptors (Lipinski definition) is 3. The number of nitrogens with zero attached hydrogens (tertiary/aromatic N) is 2. The number of aromatic nitrogens is 2. The van der Waals surface area contributed by atoms with Crippen molar-refractivity contribution in [1.82, 2.24) is 9.55 Å². The van der Waals surface area contributed by atoms with Crippen molar-refractivity contribution in [2.24, 2.45) is 0 Å². The van der Waals surface area contributed by atoms with Gasteiger partial charge in [-0.1, -0.05) is 44.2 Å². The first-order valence-corrected chi connectivity index (χ1v) is 10.2. The predicted octanol–water partition coefficient (Wildman–Crippen LogP) is 5.02. The Hall–Kier alpha value is -3.08. The molecule has 0 bridgehead atoms. The lowest BCUT2D eigenvalue weighted by atomic mass is 10.1. The van der Waals surface area contributed by atoms with Crippen LogP contribution >= 0.6 is 0 Å². The number of amides is 1. The van der Waals surface area contributed by atoms with E-state index in [4.69, 9.17) is 4.74 Å². The molecule has 0 aliphatic carbocycles. The normalized spacial score (nSPS) is 10.9. The topological polar surface area (TPSA) is 56.1 Å². The molecule has 29 heavy (non-hydrogen) atoms. The van der Waals surface area contributed by atoms with Gasteiger partial charge in [0, 0.05) is 37.0 Å². The molecule has 1 heterocycles. The van der Waals surface area contributed by atoms with Crippen molar-refractivity contribution < 1.29 is 9.53 Å². The largest absolute Gasteiger partial charge is 0.494 e. The Labute approximate surface area is 172 Å². The molecule has 1 aromatic heterocycles. The van der Waals surface area contributed by atoms with E-state index in [2.05, 4.69) is 34.8 Å². The number of carbonyl (C=O) groups excluding carboxylic acids is 1. The zero-order chi connectivity index (χ0) is 20.6. The van der Waals surface area contributed by atoms with Gasteiger partial charge in [0.15, 0.2) is 0 Å². The fraction of sp³-hybridized carbons (Fsp3) is 0.333. The number of nitrogens with one attached hydrogen (secondary N) is 1. The van der Waals surface area contributed by atoms with E-state index >= 15 is 0 Å². The monoisotopic (exact) mass is 391 g/mol. The van der Waals surface area contributed by atoms with Crippen LogP contribution < -0.4 is 10.1 Å². The van der Waals surface area contributed by atoms with Crippen LogP contribution in [0.4, 0.5) is 5.69 Å². The van der Waals surface area contributed by atoms with E-state index in [0.29, 0.717) is 25.4 Å². The van der Waals surface area contributed by atoms with Crippen LogP contribution in [0.1, 0.15) is 50.1 Å². The Morgan fingerprint density at radius 3 is 2.79 bits per heavy atom. The third-order valence-corrected chi connectivity index (χ3v) is 4.72. The molecule has 3 aromatic rings. The maximum absolute atomic E-state index is 12.5. The van der Waals surface area contributed by atoms with Crippen LogP contribution in [0.3, 0.4) is 0 Å². The molecular weight excluding hydrogens is 362 g/mol. The molecule has 0 aliphatic heterocycles. The second-order valence-electron chi connectivity index (χ2n) is 7.36. The lowest BCUT2D eigenvalue weighted by Gasteiger charge is -2.12. The molecule has 5 nitrogen and oxygen atoms in total. The molecule has 1 amide bonds. The van der Waals surface area contributed by atoms with Crippen molar-refractivity contribution in [3.8, 4) is 5.75 Å². The van der Waals surface area contributed by atoms with Gasteiger partial charge in [0.05, 0.1) is 6.61 Å². The average molecular weight is 392 g/mol. The van der Waals surface area contributed by atoms with E-state index in [1.54, 1.807) is 0 Å². The van der Waals surface area contributed by atoms with Crippen LogP contribution in [0.5, 0.6) is 5.75 Å². The number of hydrogen-bond donors (Lipinski definition) is 1. The van der Waals surface area contributed by atoms with Gasteiger partial charge in [0.1, 0.15) is 11.6 Å². The fourth-order valence-electron chi connectivity index (χ4n) is 3.38. The van der Waals surface area contributed by atoms with Crippen molar-refractivity contribution in [1.29, 1.82) is 0 Å². The molecule has 5 heteroatoms. The predicted molar refractivity (Wildman–Crippen MR) is 116 cm³/mol. The van der Waals surface area contributed by atoms with E-state index in [-0.39, 0.29) is 5.91 Å². The lowest BCUT2D eigenvalue weighted by Crippen LogP contribution is -2.13. The van der Waals surface area contributed by atoms with Crippen LogP contribution in [0, 0.1) is 0 Å². The first kappa shape index (κ1) is 20.6. The minimum absolute atomic E-state index is 0.000971. The van der Waals surface area contributed by atoms with Gasteiger partial charge in [-0.15, -0.1) is 0 Å². The number of anilines is 1. The van der Waals surface area contributed by atoms with Gasteiger partial charge >= 0.3 is 0 Å². The first-order valence-electron chi connectivity index (χ1n) is 10.2. The standard InChI is InChI=1S/C24H29N3O2/c1-4-29-22-11-6-5-9-20(22)12-13-23(28)26-21-10-7-8-19(16-21)17-27-15-14-25-24(27)18(2)3/h5-11,14-16,18H,4,12-13,17H2,1-3H3,(H,26,28). The minimum Gasteiger partial charge on any atom is -0.494 e. The zero-order valence-corrected chi connectivity index (χ0v) is 17.4. The third kappa shape index (κ3) is 5.70. The summed E-state index contributed by atoms with van der Waals surface area (Å²) in [5.74, 6) is 2.28. The highest BCUT2D eigenvalue weighted by atomic mass is 16.5. The quantitative estimate of drug-likeness (QED) is 0.557. The van der Waals surface area contributed by atoms with Crippen LogP contribution in [-0.4, -0.2) is 22.1 Å². The van der Waals surface area contributed by atoms with Crippen molar-refractivity contribution in [2.75, 3.05) is 11.9 Å². The molecule has 0 aliphatic rings. The summed E-state index contributed by atoms with van der Waals surface area (Å²) in [6, 6.07) is 15.9. The number of imidazole rings is 1. The van der Waals surface area contributed by atoms with Crippen LogP contribution in [-0.2, 0) is 17.8 Å². The van der Waals surface area contributed by atoms with Crippen molar-refractivity contribution in [3.63, 3.8) is 0 Å². The van der Waals surface area contributed by atoms with Gasteiger partial charge in [-0.3, -0.25) is 4.79 Å². The summed E-state index contributed by atoms with van der Waals surface area (Å²) < 4.78 is 7.79. The highest BCUT2D eigenvalue weighted by Gasteiger charge is 2.10. The van der Waals surface area contributed by atoms with Gasteiger partial charge in [0.2, 0.25) is 5.91 Å². The van der Waals surface area contributed by atoms with Crippen molar-refractivity contribution in [3.05, 3.63) is 77.9 Å². The Bertz CT molecular complexity index is 947. The number of para-hydroxylation sites is 1. The highest BCUT2D eigenvalue weighted by molar-refractivity contribution is 5.90. The Morgan fingerprint density at radius 2 is 2.00 bits per heavy atom. The molecule has 0 atom stereocenters. The van der Waals surface area contributed by atoms with E-state index in [1.165, 1.54) is 0 Å². The van der Waals surface area contributed by atoms with Gasteiger partial charge in [-0.05, 0) is 42.7 Å². The minimum atomic E-state index is -0.000971. The number of aryl methyl sites for hydroxylation is 1. The molecular formula is C24H29N3O2. The van der Waals surface area contributed by atoms with E-state index < -0.39 is 0 Å². The summed E-state index contributed by atoms with van der Waals surface area (Å²) in [4.78, 5) is 16.9. The third-order valence-electron chi connectivity index (χ3n) is 4.72. The Kier molecular flexibility index (Phi) is 7.06. The van der Waals surface area contributed by atoms with Crippen LogP contribution in [0.25, 0.3) is 0 Å².